The predicted octanol–water partition coefficient (Wildman–Crippen LogP) is 2.14. The molecule has 1 aromatic carbocycles. The third-order valence-electron chi connectivity index (χ3n) is 1.27. The van der Waals surface area contributed by atoms with E-state index < -0.39 is 17.5 Å². The molecule has 1 amide bonds. The molecule has 0 aliphatic rings. The fourth-order valence-electron chi connectivity index (χ4n) is 0.820. The highest BCUT2D eigenvalue weighted by atomic mass is 35.5. The molecule has 0 fully saturated rings. The minimum atomic E-state index is -0.745. The van der Waals surface area contributed by atoms with Crippen molar-refractivity contribution in [1.82, 2.24) is 0 Å². The van der Waals surface area contributed by atoms with Crippen LogP contribution in [0.4, 0.5) is 14.5 Å². The molecule has 1 aromatic rings. The first-order valence-corrected chi connectivity index (χ1v) is 3.97. The molecule has 0 bridgehead atoms. The maximum atomic E-state index is 12.6. The minimum absolute atomic E-state index is 0.0585. The highest BCUT2D eigenvalue weighted by Gasteiger charge is 2.03. The van der Waals surface area contributed by atoms with Gasteiger partial charge in [-0.25, -0.2) is 8.78 Å². The highest BCUT2D eigenvalue weighted by Crippen LogP contribution is 2.12. The standard InChI is InChI=1S/C8H6ClF2NO/c9-4-8(13)12-7-2-5(10)1-6(11)3-7/h1-3H,4H2,(H,12,13). The lowest BCUT2D eigenvalue weighted by Gasteiger charge is -2.02. The van der Waals surface area contributed by atoms with Crippen LogP contribution >= 0.6 is 11.6 Å². The van der Waals surface area contributed by atoms with Gasteiger partial charge in [0.1, 0.15) is 17.5 Å². The Hall–Kier alpha value is -1.16. The molecule has 1 N–H and O–H groups in total. The molecule has 5 heteroatoms. The number of nitrogens with one attached hydrogen (secondary N) is 1. The van der Waals surface area contributed by atoms with E-state index in [9.17, 15) is 13.6 Å². The van der Waals surface area contributed by atoms with Gasteiger partial charge in [0.15, 0.2) is 0 Å². The first-order valence-electron chi connectivity index (χ1n) is 3.43. The fraction of sp³-hybridized carbons (Fsp3) is 0.125. The van der Waals surface area contributed by atoms with Crippen molar-refractivity contribution < 1.29 is 13.6 Å². The number of carbonyl (C=O) groups excluding carboxylic acids is 1. The van der Waals surface area contributed by atoms with E-state index >= 15 is 0 Å². The van der Waals surface area contributed by atoms with E-state index in [1.807, 2.05) is 0 Å². The Morgan fingerprint density at radius 3 is 2.31 bits per heavy atom. The molecule has 70 valence electrons. The van der Waals surface area contributed by atoms with Gasteiger partial charge in [-0.2, -0.15) is 0 Å². The molecule has 13 heavy (non-hydrogen) atoms. The number of hydrogen-bond donors (Lipinski definition) is 1. The molecule has 0 unspecified atom stereocenters. The van der Waals surface area contributed by atoms with Crippen molar-refractivity contribution in [2.24, 2.45) is 0 Å². The number of halogens is 3. The molecule has 0 radical (unpaired) electrons. The van der Waals surface area contributed by atoms with Gasteiger partial charge < -0.3 is 5.32 Å². The molecule has 0 heterocycles. The van der Waals surface area contributed by atoms with E-state index in [0.717, 1.165) is 18.2 Å². The lowest BCUT2D eigenvalue weighted by molar-refractivity contribution is -0.113. The molecule has 0 atom stereocenters. The summed E-state index contributed by atoms with van der Waals surface area (Å²) >= 11 is 5.18. The molecule has 0 aromatic heterocycles. The van der Waals surface area contributed by atoms with Crippen molar-refractivity contribution in [3.8, 4) is 0 Å². The van der Waals surface area contributed by atoms with Gasteiger partial charge in [-0.1, -0.05) is 0 Å². The molecule has 1 rings (SSSR count). The van der Waals surface area contributed by atoms with Crippen molar-refractivity contribution in [1.29, 1.82) is 0 Å². The van der Waals surface area contributed by atoms with Crippen molar-refractivity contribution in [3.05, 3.63) is 29.8 Å². The number of hydrogen-bond acceptors (Lipinski definition) is 1. The Labute approximate surface area is 78.5 Å². The van der Waals surface area contributed by atoms with Gasteiger partial charge in [-0.15, -0.1) is 11.6 Å². The van der Waals surface area contributed by atoms with Crippen LogP contribution in [0.15, 0.2) is 18.2 Å². The molecular formula is C8H6ClF2NO. The zero-order valence-corrected chi connectivity index (χ0v) is 7.24. The minimum Gasteiger partial charge on any atom is -0.325 e. The van der Waals surface area contributed by atoms with Gasteiger partial charge in [0, 0.05) is 11.8 Å². The van der Waals surface area contributed by atoms with Crippen molar-refractivity contribution in [2.75, 3.05) is 11.2 Å². The average molecular weight is 206 g/mol. The Morgan fingerprint density at radius 1 is 1.31 bits per heavy atom. The SMILES string of the molecule is O=C(CCl)Nc1cc(F)cc(F)c1. The zero-order chi connectivity index (χ0) is 9.84. The number of rotatable bonds is 2. The van der Waals surface area contributed by atoms with Crippen LogP contribution in [0.1, 0.15) is 0 Å². The summed E-state index contributed by atoms with van der Waals surface area (Å²) in [7, 11) is 0. The van der Waals surface area contributed by atoms with Crippen LogP contribution in [0.5, 0.6) is 0 Å². The van der Waals surface area contributed by atoms with E-state index in [2.05, 4.69) is 5.32 Å². The topological polar surface area (TPSA) is 29.1 Å². The van der Waals surface area contributed by atoms with Crippen LogP contribution in [-0.2, 0) is 4.79 Å². The molecular weight excluding hydrogens is 200 g/mol. The van der Waals surface area contributed by atoms with Crippen LogP contribution in [0, 0.1) is 11.6 Å². The number of carbonyl (C=O) groups is 1. The van der Waals surface area contributed by atoms with Gasteiger partial charge in [0.25, 0.3) is 0 Å². The van der Waals surface area contributed by atoms with Crippen LogP contribution in [0.3, 0.4) is 0 Å². The molecule has 2 nitrogen and oxygen atoms in total. The largest absolute Gasteiger partial charge is 0.325 e. The average Bonchev–Trinajstić information content (AvgIpc) is 2.02. The van der Waals surface area contributed by atoms with Crippen LogP contribution < -0.4 is 5.32 Å². The Bertz CT molecular complexity index is 310. The number of amides is 1. The van der Waals surface area contributed by atoms with Gasteiger partial charge in [-0.3, -0.25) is 4.79 Å². The third kappa shape index (κ3) is 2.99. The maximum absolute atomic E-state index is 12.6. The van der Waals surface area contributed by atoms with Gasteiger partial charge in [0.2, 0.25) is 5.91 Å². The summed E-state index contributed by atoms with van der Waals surface area (Å²) in [6, 6.07) is 2.73. The third-order valence-corrected chi connectivity index (χ3v) is 1.51. The molecule has 0 spiro atoms. The molecule has 0 aliphatic heterocycles. The predicted molar refractivity (Wildman–Crippen MR) is 45.7 cm³/mol. The summed E-state index contributed by atoms with van der Waals surface area (Å²) in [5.74, 6) is -2.25. The molecule has 0 saturated heterocycles. The summed E-state index contributed by atoms with van der Waals surface area (Å²) < 4.78 is 25.1. The number of alkyl halides is 1. The van der Waals surface area contributed by atoms with Crippen LogP contribution in [-0.4, -0.2) is 11.8 Å². The first kappa shape index (κ1) is 9.92. The second kappa shape index (κ2) is 4.18. The Morgan fingerprint density at radius 2 is 1.85 bits per heavy atom. The second-order valence-electron chi connectivity index (χ2n) is 2.34. The monoisotopic (exact) mass is 205 g/mol. The van der Waals surface area contributed by atoms with E-state index in [1.54, 1.807) is 0 Å². The lowest BCUT2D eigenvalue weighted by atomic mass is 10.3. The summed E-state index contributed by atoms with van der Waals surface area (Å²) in [4.78, 5) is 10.7. The van der Waals surface area contributed by atoms with Crippen LogP contribution in [0.2, 0.25) is 0 Å². The lowest BCUT2D eigenvalue weighted by Crippen LogP contribution is -2.12. The summed E-state index contributed by atoms with van der Waals surface area (Å²) in [5.41, 5.74) is 0.0585. The van der Waals surface area contributed by atoms with Crippen molar-refractivity contribution >= 4 is 23.2 Å². The van der Waals surface area contributed by atoms with E-state index in [0.29, 0.717) is 0 Å². The first-order chi connectivity index (χ1) is 6.11. The number of anilines is 1. The van der Waals surface area contributed by atoms with E-state index in [-0.39, 0.29) is 11.6 Å². The Balaban J connectivity index is 2.83. The summed E-state index contributed by atoms with van der Waals surface area (Å²) in [6.07, 6.45) is 0. The van der Waals surface area contributed by atoms with Gasteiger partial charge in [-0.05, 0) is 12.1 Å². The smallest absolute Gasteiger partial charge is 0.239 e. The Kier molecular flexibility index (Phi) is 3.19. The van der Waals surface area contributed by atoms with E-state index in [1.165, 1.54) is 0 Å². The van der Waals surface area contributed by atoms with Crippen LogP contribution in [0.25, 0.3) is 0 Å². The van der Waals surface area contributed by atoms with Crippen molar-refractivity contribution in [3.63, 3.8) is 0 Å². The second-order valence-corrected chi connectivity index (χ2v) is 2.61. The summed E-state index contributed by atoms with van der Waals surface area (Å²) in [5, 5.41) is 2.22. The van der Waals surface area contributed by atoms with Crippen molar-refractivity contribution in [2.45, 2.75) is 0 Å². The quantitative estimate of drug-likeness (QED) is 0.737. The molecule has 0 aliphatic carbocycles. The highest BCUT2D eigenvalue weighted by molar-refractivity contribution is 6.29. The van der Waals surface area contributed by atoms with Gasteiger partial charge >= 0.3 is 0 Å². The normalized spacial score (nSPS) is 9.77. The van der Waals surface area contributed by atoms with E-state index in [4.69, 9.17) is 11.6 Å². The van der Waals surface area contributed by atoms with Gasteiger partial charge in [0.05, 0.1) is 0 Å². The zero-order valence-electron chi connectivity index (χ0n) is 6.48. The number of benzene rings is 1. The summed E-state index contributed by atoms with van der Waals surface area (Å²) in [6.45, 7) is 0. The maximum Gasteiger partial charge on any atom is 0.239 e. The fourth-order valence-corrected chi connectivity index (χ4v) is 0.887. The molecule has 0 saturated carbocycles.